The molecule has 0 radical (unpaired) electrons. The zero-order chi connectivity index (χ0) is 10.3. The molecule has 0 aromatic carbocycles. The third-order valence-electron chi connectivity index (χ3n) is 2.15. The Hall–Kier alpha value is -0.870. The number of aromatic nitrogens is 1. The molecule has 1 fully saturated rings. The highest BCUT2D eigenvalue weighted by atomic mass is 35.5. The molecule has 1 aliphatic rings. The van der Waals surface area contributed by atoms with E-state index in [0.29, 0.717) is 13.1 Å². The standard InChI is InChI=1S/C9H10ClFN2O/c1-9(14)4-13(5-9)8-7(11)2-6(10)3-12-8/h2-3,14H,4-5H2,1H3. The van der Waals surface area contributed by atoms with Gasteiger partial charge in [-0.3, -0.25) is 0 Å². The number of anilines is 1. The number of hydrogen-bond donors (Lipinski definition) is 1. The van der Waals surface area contributed by atoms with Gasteiger partial charge in [0.25, 0.3) is 0 Å². The number of aliphatic hydroxyl groups is 1. The Bertz CT molecular complexity index is 362. The van der Waals surface area contributed by atoms with Gasteiger partial charge in [0, 0.05) is 19.3 Å². The lowest BCUT2D eigenvalue weighted by molar-refractivity contribution is 0.0301. The molecular formula is C9H10ClFN2O. The molecule has 1 saturated heterocycles. The van der Waals surface area contributed by atoms with Crippen LogP contribution in [0.3, 0.4) is 0 Å². The van der Waals surface area contributed by atoms with Gasteiger partial charge in [-0.15, -0.1) is 0 Å². The molecular weight excluding hydrogens is 207 g/mol. The number of hydrogen-bond acceptors (Lipinski definition) is 3. The first-order valence-corrected chi connectivity index (χ1v) is 4.64. The van der Waals surface area contributed by atoms with Crippen molar-refractivity contribution in [1.29, 1.82) is 0 Å². The molecule has 1 N–H and O–H groups in total. The van der Waals surface area contributed by atoms with Gasteiger partial charge in [0.1, 0.15) is 0 Å². The third-order valence-corrected chi connectivity index (χ3v) is 2.36. The van der Waals surface area contributed by atoms with E-state index in [9.17, 15) is 9.50 Å². The lowest BCUT2D eigenvalue weighted by Crippen LogP contribution is -2.60. The Kier molecular flexibility index (Phi) is 2.12. The summed E-state index contributed by atoms with van der Waals surface area (Å²) in [4.78, 5) is 5.55. The zero-order valence-electron chi connectivity index (χ0n) is 7.67. The molecule has 5 heteroatoms. The Morgan fingerprint density at radius 1 is 1.64 bits per heavy atom. The van der Waals surface area contributed by atoms with E-state index in [1.165, 1.54) is 12.3 Å². The molecule has 0 amide bonds. The highest BCUT2D eigenvalue weighted by Gasteiger charge is 2.38. The van der Waals surface area contributed by atoms with Crippen LogP contribution in [0.1, 0.15) is 6.92 Å². The predicted octanol–water partition coefficient (Wildman–Crippen LogP) is 1.45. The third kappa shape index (κ3) is 1.67. The van der Waals surface area contributed by atoms with Gasteiger partial charge in [0.05, 0.1) is 10.6 Å². The maximum Gasteiger partial charge on any atom is 0.167 e. The van der Waals surface area contributed by atoms with Crippen molar-refractivity contribution in [1.82, 2.24) is 4.98 Å². The van der Waals surface area contributed by atoms with Crippen LogP contribution in [-0.4, -0.2) is 28.8 Å². The first-order valence-electron chi connectivity index (χ1n) is 4.26. The van der Waals surface area contributed by atoms with Crippen molar-refractivity contribution in [3.05, 3.63) is 23.1 Å². The molecule has 0 bridgehead atoms. The zero-order valence-corrected chi connectivity index (χ0v) is 8.42. The van der Waals surface area contributed by atoms with Gasteiger partial charge in [-0.05, 0) is 13.0 Å². The maximum absolute atomic E-state index is 13.3. The van der Waals surface area contributed by atoms with Crippen molar-refractivity contribution >= 4 is 17.4 Å². The van der Waals surface area contributed by atoms with E-state index < -0.39 is 11.4 Å². The molecule has 0 aliphatic carbocycles. The smallest absolute Gasteiger partial charge is 0.167 e. The number of rotatable bonds is 1. The molecule has 0 unspecified atom stereocenters. The Morgan fingerprint density at radius 3 is 2.79 bits per heavy atom. The number of halogens is 2. The van der Waals surface area contributed by atoms with Gasteiger partial charge in [-0.25, -0.2) is 9.37 Å². The SMILES string of the molecule is CC1(O)CN(c2ncc(Cl)cc2F)C1. The van der Waals surface area contributed by atoms with Crippen LogP contribution >= 0.6 is 11.6 Å². The van der Waals surface area contributed by atoms with Crippen LogP contribution in [0, 0.1) is 5.82 Å². The summed E-state index contributed by atoms with van der Waals surface area (Å²) in [5.74, 6) is -0.200. The van der Waals surface area contributed by atoms with Crippen LogP contribution in [-0.2, 0) is 0 Å². The summed E-state index contributed by atoms with van der Waals surface area (Å²) in [5.41, 5.74) is -0.728. The number of β-amino-alcohol motifs (C(OH)–C–C–N with tert-alkyl or cyclic N) is 1. The highest BCUT2D eigenvalue weighted by Crippen LogP contribution is 2.28. The average molecular weight is 217 g/mol. The minimum atomic E-state index is -0.728. The second-order valence-corrected chi connectivity index (χ2v) is 4.25. The topological polar surface area (TPSA) is 36.4 Å². The lowest BCUT2D eigenvalue weighted by Gasteiger charge is -2.44. The molecule has 3 nitrogen and oxygen atoms in total. The lowest BCUT2D eigenvalue weighted by atomic mass is 9.97. The monoisotopic (exact) mass is 216 g/mol. The van der Waals surface area contributed by atoms with Crippen molar-refractivity contribution in [3.8, 4) is 0 Å². The second kappa shape index (κ2) is 3.07. The van der Waals surface area contributed by atoms with E-state index in [1.807, 2.05) is 0 Å². The fourth-order valence-corrected chi connectivity index (χ4v) is 1.71. The predicted molar refractivity (Wildman–Crippen MR) is 52.0 cm³/mol. The van der Waals surface area contributed by atoms with E-state index in [1.54, 1.807) is 11.8 Å². The van der Waals surface area contributed by atoms with Gasteiger partial charge in [-0.2, -0.15) is 0 Å². The van der Waals surface area contributed by atoms with E-state index >= 15 is 0 Å². The Labute approximate surface area is 86.1 Å². The van der Waals surface area contributed by atoms with Crippen molar-refractivity contribution in [2.45, 2.75) is 12.5 Å². The maximum atomic E-state index is 13.3. The van der Waals surface area contributed by atoms with Crippen molar-refractivity contribution < 1.29 is 9.50 Å². The second-order valence-electron chi connectivity index (χ2n) is 3.81. The average Bonchev–Trinajstić information content (AvgIpc) is 2.00. The number of pyridine rings is 1. The van der Waals surface area contributed by atoms with Gasteiger partial charge >= 0.3 is 0 Å². The minimum Gasteiger partial charge on any atom is -0.386 e. The quantitative estimate of drug-likeness (QED) is 0.772. The fraction of sp³-hybridized carbons (Fsp3) is 0.444. The first-order chi connectivity index (χ1) is 6.48. The summed E-state index contributed by atoms with van der Waals surface area (Å²) in [6.07, 6.45) is 1.40. The van der Waals surface area contributed by atoms with Crippen LogP contribution in [0.5, 0.6) is 0 Å². The van der Waals surface area contributed by atoms with E-state index in [4.69, 9.17) is 11.6 Å². The van der Waals surface area contributed by atoms with Crippen LogP contribution in [0.15, 0.2) is 12.3 Å². The molecule has 0 atom stereocenters. The first kappa shape index (κ1) is 9.68. The van der Waals surface area contributed by atoms with Gasteiger partial charge in [0.15, 0.2) is 11.6 Å². The van der Waals surface area contributed by atoms with E-state index in [-0.39, 0.29) is 10.8 Å². The summed E-state index contributed by atoms with van der Waals surface area (Å²) >= 11 is 5.57. The summed E-state index contributed by atoms with van der Waals surface area (Å²) < 4.78 is 13.3. The molecule has 1 aromatic heterocycles. The summed E-state index contributed by atoms with van der Waals surface area (Å²) in [7, 11) is 0. The summed E-state index contributed by atoms with van der Waals surface area (Å²) in [6.45, 7) is 2.51. The Morgan fingerprint density at radius 2 is 2.29 bits per heavy atom. The van der Waals surface area contributed by atoms with Crippen molar-refractivity contribution in [2.75, 3.05) is 18.0 Å². The van der Waals surface area contributed by atoms with E-state index in [0.717, 1.165) is 0 Å². The molecule has 14 heavy (non-hydrogen) atoms. The van der Waals surface area contributed by atoms with Crippen LogP contribution in [0.2, 0.25) is 5.02 Å². The Balaban J connectivity index is 2.19. The van der Waals surface area contributed by atoms with Crippen LogP contribution in [0.25, 0.3) is 0 Å². The molecule has 1 aromatic rings. The van der Waals surface area contributed by atoms with Gasteiger partial charge in [0.2, 0.25) is 0 Å². The molecule has 2 heterocycles. The highest BCUT2D eigenvalue weighted by molar-refractivity contribution is 6.30. The fourth-order valence-electron chi connectivity index (χ4n) is 1.57. The van der Waals surface area contributed by atoms with E-state index in [2.05, 4.69) is 4.98 Å². The van der Waals surface area contributed by atoms with Crippen LogP contribution in [0.4, 0.5) is 10.2 Å². The number of nitrogens with zero attached hydrogens (tertiary/aromatic N) is 2. The molecule has 76 valence electrons. The summed E-state index contributed by atoms with van der Waals surface area (Å²) in [6, 6.07) is 1.22. The normalized spacial score (nSPS) is 19.3. The molecule has 2 rings (SSSR count). The minimum absolute atomic E-state index is 0.251. The van der Waals surface area contributed by atoms with Crippen molar-refractivity contribution in [3.63, 3.8) is 0 Å². The summed E-state index contributed by atoms with van der Waals surface area (Å²) in [5, 5.41) is 9.75. The largest absolute Gasteiger partial charge is 0.386 e. The molecule has 0 spiro atoms. The van der Waals surface area contributed by atoms with Gasteiger partial charge < -0.3 is 10.0 Å². The van der Waals surface area contributed by atoms with Gasteiger partial charge in [-0.1, -0.05) is 11.6 Å². The van der Waals surface area contributed by atoms with Crippen molar-refractivity contribution in [2.24, 2.45) is 0 Å². The molecule has 1 aliphatic heterocycles. The van der Waals surface area contributed by atoms with Crippen LogP contribution < -0.4 is 4.90 Å². The molecule has 0 saturated carbocycles.